The lowest BCUT2D eigenvalue weighted by atomic mass is 10.0. The summed E-state index contributed by atoms with van der Waals surface area (Å²) in [7, 11) is 3.40. The number of anilines is 1. The number of amides is 1. The number of carbonyl (C=O) groups excluding carboxylic acids is 1. The minimum Gasteiger partial charge on any atom is -0.444 e. The third kappa shape index (κ3) is 4.51. The molecule has 1 unspecified atom stereocenters. The van der Waals surface area contributed by atoms with E-state index in [1.165, 1.54) is 5.56 Å². The Kier molecular flexibility index (Phi) is 6.39. The molecule has 1 saturated heterocycles. The van der Waals surface area contributed by atoms with Crippen molar-refractivity contribution in [1.29, 1.82) is 0 Å². The molecule has 162 valence electrons. The zero-order valence-corrected chi connectivity index (χ0v) is 18.8. The van der Waals surface area contributed by atoms with Gasteiger partial charge in [-0.1, -0.05) is 6.92 Å². The summed E-state index contributed by atoms with van der Waals surface area (Å²) in [4.78, 5) is 22.0. The van der Waals surface area contributed by atoms with Crippen molar-refractivity contribution >= 4 is 11.9 Å². The Labute approximate surface area is 174 Å². The van der Waals surface area contributed by atoms with Gasteiger partial charge in [0.05, 0.1) is 24.4 Å². The second-order valence-electron chi connectivity index (χ2n) is 9.04. The molecular weight excluding hydrogens is 370 g/mol. The minimum absolute atomic E-state index is 0.104. The van der Waals surface area contributed by atoms with Crippen molar-refractivity contribution in [2.45, 2.75) is 77.9 Å². The second kappa shape index (κ2) is 8.48. The number of carbonyl (C=O) groups is 1. The van der Waals surface area contributed by atoms with Crippen molar-refractivity contribution in [3.05, 3.63) is 22.9 Å². The number of rotatable bonds is 5. The van der Waals surface area contributed by atoms with Gasteiger partial charge in [-0.25, -0.2) is 9.78 Å². The van der Waals surface area contributed by atoms with E-state index in [1.54, 1.807) is 14.2 Å². The number of pyridine rings is 1. The van der Waals surface area contributed by atoms with Gasteiger partial charge in [0.15, 0.2) is 0 Å². The van der Waals surface area contributed by atoms with Crippen molar-refractivity contribution in [2.75, 3.05) is 32.2 Å². The van der Waals surface area contributed by atoms with Crippen LogP contribution < -0.4 is 4.90 Å². The maximum absolute atomic E-state index is 12.7. The first-order chi connectivity index (χ1) is 13.7. The number of hydrogen-bond donors (Lipinski definition) is 0. The number of hydrogen-bond acceptors (Lipinski definition) is 6. The zero-order valence-electron chi connectivity index (χ0n) is 18.8. The molecule has 3 rings (SSSR count). The number of nitrogens with zero attached hydrogens (tertiary/aromatic N) is 3. The lowest BCUT2D eigenvalue weighted by molar-refractivity contribution is 0.0185. The van der Waals surface area contributed by atoms with Crippen LogP contribution >= 0.6 is 0 Å². The summed E-state index contributed by atoms with van der Waals surface area (Å²) in [6, 6.07) is 2.64. The molecule has 0 spiro atoms. The number of fused-ring (bicyclic) bond motifs is 3. The van der Waals surface area contributed by atoms with Gasteiger partial charge in [-0.3, -0.25) is 0 Å². The average molecular weight is 406 g/mol. The molecule has 3 atom stereocenters. The Balaban J connectivity index is 1.90. The third-order valence-electron chi connectivity index (χ3n) is 5.70. The molecule has 7 heteroatoms. The second-order valence-corrected chi connectivity index (χ2v) is 9.04. The van der Waals surface area contributed by atoms with E-state index in [0.717, 1.165) is 29.9 Å². The summed E-state index contributed by atoms with van der Waals surface area (Å²) in [5.41, 5.74) is 2.73. The first-order valence-corrected chi connectivity index (χ1v) is 10.5. The highest BCUT2D eigenvalue weighted by molar-refractivity contribution is 5.69. The smallest absolute Gasteiger partial charge is 0.410 e. The Morgan fingerprint density at radius 2 is 2.03 bits per heavy atom. The summed E-state index contributed by atoms with van der Waals surface area (Å²) >= 11 is 0. The summed E-state index contributed by atoms with van der Waals surface area (Å²) in [6.07, 6.45) is 1.48. The Morgan fingerprint density at radius 1 is 1.31 bits per heavy atom. The van der Waals surface area contributed by atoms with Crippen LogP contribution in [0, 0.1) is 0 Å². The van der Waals surface area contributed by atoms with Crippen LogP contribution in [0.5, 0.6) is 0 Å². The summed E-state index contributed by atoms with van der Waals surface area (Å²) in [6.45, 7) is 11.7. The van der Waals surface area contributed by atoms with Gasteiger partial charge >= 0.3 is 6.09 Å². The van der Waals surface area contributed by atoms with Gasteiger partial charge in [0.1, 0.15) is 11.4 Å². The topological polar surface area (TPSA) is 64.1 Å². The Bertz CT molecular complexity index is 746. The number of methoxy groups -OCH3 is 2. The highest BCUT2D eigenvalue weighted by atomic mass is 16.6. The van der Waals surface area contributed by atoms with Gasteiger partial charge < -0.3 is 24.0 Å². The van der Waals surface area contributed by atoms with E-state index in [1.807, 2.05) is 32.6 Å². The number of ether oxygens (including phenoxy) is 3. The van der Waals surface area contributed by atoms with Crippen molar-refractivity contribution in [3.8, 4) is 0 Å². The fraction of sp³-hybridized carbons (Fsp3) is 0.727. The first kappa shape index (κ1) is 21.8. The van der Waals surface area contributed by atoms with Crippen LogP contribution in [0.1, 0.15) is 64.0 Å². The van der Waals surface area contributed by atoms with Crippen LogP contribution in [-0.2, 0) is 27.2 Å². The summed E-state index contributed by atoms with van der Waals surface area (Å²) in [5, 5.41) is 0. The molecule has 1 aromatic rings. The van der Waals surface area contributed by atoms with E-state index in [2.05, 4.69) is 17.9 Å². The van der Waals surface area contributed by atoms with Gasteiger partial charge in [-0.2, -0.15) is 0 Å². The monoisotopic (exact) mass is 405 g/mol. The molecule has 0 aliphatic carbocycles. The van der Waals surface area contributed by atoms with E-state index in [-0.39, 0.29) is 24.3 Å². The van der Waals surface area contributed by atoms with E-state index in [0.29, 0.717) is 19.7 Å². The molecule has 1 amide bonds. The van der Waals surface area contributed by atoms with Crippen LogP contribution in [0.15, 0.2) is 6.07 Å². The van der Waals surface area contributed by atoms with Gasteiger partial charge in [0.2, 0.25) is 0 Å². The number of piperazine rings is 1. The van der Waals surface area contributed by atoms with Gasteiger partial charge in [0, 0.05) is 38.9 Å². The maximum Gasteiger partial charge on any atom is 0.410 e. The standard InChI is InChI=1S/C22H35N3O4/c1-8-17-11-24(21(26)29-22(3,4)5)12-18-10-15-9-16(13-27-6)19(14(2)28-7)23-20(15)25(17)18/h9,14,17-18H,8,10-13H2,1-7H3/t14?,17-,18-/m1/s1. The number of aromatic nitrogens is 1. The van der Waals surface area contributed by atoms with Crippen molar-refractivity contribution in [3.63, 3.8) is 0 Å². The molecule has 7 nitrogen and oxygen atoms in total. The average Bonchev–Trinajstić information content (AvgIpc) is 3.02. The van der Waals surface area contributed by atoms with Crippen molar-refractivity contribution in [1.82, 2.24) is 9.88 Å². The van der Waals surface area contributed by atoms with E-state index in [4.69, 9.17) is 19.2 Å². The summed E-state index contributed by atoms with van der Waals surface area (Å²) in [5.74, 6) is 1.03. The maximum atomic E-state index is 12.7. The molecule has 0 aromatic carbocycles. The highest BCUT2D eigenvalue weighted by Gasteiger charge is 2.43. The third-order valence-corrected chi connectivity index (χ3v) is 5.70. The Morgan fingerprint density at radius 3 is 2.62 bits per heavy atom. The van der Waals surface area contributed by atoms with Crippen LogP contribution in [0.3, 0.4) is 0 Å². The summed E-state index contributed by atoms with van der Waals surface area (Å²) < 4.78 is 16.6. The molecule has 2 aliphatic heterocycles. The normalized spacial score (nSPS) is 22.3. The first-order valence-electron chi connectivity index (χ1n) is 10.5. The van der Waals surface area contributed by atoms with E-state index in [9.17, 15) is 4.79 Å². The van der Waals surface area contributed by atoms with Crippen LogP contribution in [0.25, 0.3) is 0 Å². The lowest BCUT2D eigenvalue weighted by Gasteiger charge is -2.44. The SMILES string of the molecule is CC[C@@H]1CN(C(=O)OC(C)(C)C)C[C@H]2Cc3cc(COC)c(C(C)OC)nc3N12. The predicted octanol–water partition coefficient (Wildman–Crippen LogP) is 3.70. The van der Waals surface area contributed by atoms with Gasteiger partial charge in [-0.15, -0.1) is 0 Å². The van der Waals surface area contributed by atoms with Crippen LogP contribution in [-0.4, -0.2) is 61.0 Å². The molecule has 0 N–H and O–H groups in total. The van der Waals surface area contributed by atoms with Gasteiger partial charge in [-0.05, 0) is 52.2 Å². The fourth-order valence-corrected chi connectivity index (χ4v) is 4.34. The predicted molar refractivity (Wildman–Crippen MR) is 112 cm³/mol. The quantitative estimate of drug-likeness (QED) is 0.744. The lowest BCUT2D eigenvalue weighted by Crippen LogP contribution is -2.59. The molecule has 1 aromatic heterocycles. The molecular formula is C22H35N3O4. The zero-order chi connectivity index (χ0) is 21.3. The van der Waals surface area contributed by atoms with Crippen LogP contribution in [0.4, 0.5) is 10.6 Å². The molecule has 0 bridgehead atoms. The highest BCUT2D eigenvalue weighted by Crippen LogP contribution is 2.38. The van der Waals surface area contributed by atoms with Crippen molar-refractivity contribution in [2.24, 2.45) is 0 Å². The molecule has 3 heterocycles. The molecule has 2 aliphatic rings. The minimum atomic E-state index is -0.490. The van der Waals surface area contributed by atoms with Gasteiger partial charge in [0.25, 0.3) is 0 Å². The molecule has 29 heavy (non-hydrogen) atoms. The molecule has 0 saturated carbocycles. The van der Waals surface area contributed by atoms with E-state index >= 15 is 0 Å². The molecule has 0 radical (unpaired) electrons. The van der Waals surface area contributed by atoms with Crippen LogP contribution in [0.2, 0.25) is 0 Å². The van der Waals surface area contributed by atoms with Crippen molar-refractivity contribution < 1.29 is 19.0 Å². The molecule has 1 fully saturated rings. The Hall–Kier alpha value is -1.86. The largest absolute Gasteiger partial charge is 0.444 e. The van der Waals surface area contributed by atoms with E-state index < -0.39 is 5.60 Å². The fourth-order valence-electron chi connectivity index (χ4n) is 4.34.